The van der Waals surface area contributed by atoms with E-state index < -0.39 is 6.04 Å². The Morgan fingerprint density at radius 3 is 2.86 bits per heavy atom. The van der Waals surface area contributed by atoms with Crippen LogP contribution in [0.25, 0.3) is 0 Å². The van der Waals surface area contributed by atoms with Gasteiger partial charge in [-0.25, -0.2) is 4.79 Å². The number of pyridine rings is 1. The molecule has 22 heavy (non-hydrogen) atoms. The first kappa shape index (κ1) is 14.8. The van der Waals surface area contributed by atoms with Crippen LogP contribution >= 0.6 is 0 Å². The molecule has 1 aliphatic carbocycles. The zero-order chi connectivity index (χ0) is 15.6. The maximum atomic E-state index is 12.6. The van der Waals surface area contributed by atoms with E-state index in [4.69, 9.17) is 0 Å². The largest absolute Gasteiger partial charge is 0.333 e. The first-order valence-corrected chi connectivity index (χ1v) is 7.87. The molecular weight excluding hydrogens is 280 g/mol. The summed E-state index contributed by atoms with van der Waals surface area (Å²) in [4.78, 5) is 30.4. The van der Waals surface area contributed by atoms with Crippen molar-refractivity contribution >= 4 is 17.6 Å². The summed E-state index contributed by atoms with van der Waals surface area (Å²) in [5, 5.41) is 5.81. The van der Waals surface area contributed by atoms with Gasteiger partial charge in [-0.3, -0.25) is 9.78 Å². The van der Waals surface area contributed by atoms with Gasteiger partial charge in [0.15, 0.2) is 0 Å². The van der Waals surface area contributed by atoms with Gasteiger partial charge in [-0.1, -0.05) is 0 Å². The van der Waals surface area contributed by atoms with Crippen molar-refractivity contribution in [3.63, 3.8) is 0 Å². The smallest absolute Gasteiger partial charge is 0.315 e. The molecule has 3 rings (SSSR count). The van der Waals surface area contributed by atoms with Crippen LogP contribution in [0.2, 0.25) is 0 Å². The van der Waals surface area contributed by atoms with Crippen molar-refractivity contribution in [1.29, 1.82) is 0 Å². The third-order valence-corrected chi connectivity index (χ3v) is 4.57. The summed E-state index contributed by atoms with van der Waals surface area (Å²) in [7, 11) is 0. The highest BCUT2D eigenvalue weighted by atomic mass is 16.2. The van der Waals surface area contributed by atoms with Gasteiger partial charge < -0.3 is 15.5 Å². The summed E-state index contributed by atoms with van der Waals surface area (Å²) in [6, 6.07) is 2.97. The normalized spacial score (nSPS) is 23.6. The Bertz CT molecular complexity index is 557. The lowest BCUT2D eigenvalue weighted by Gasteiger charge is -2.40. The van der Waals surface area contributed by atoms with Crippen LogP contribution in [-0.4, -0.2) is 35.0 Å². The van der Waals surface area contributed by atoms with Crippen LogP contribution in [0.5, 0.6) is 0 Å². The van der Waals surface area contributed by atoms with Crippen molar-refractivity contribution in [2.75, 3.05) is 11.4 Å². The highest BCUT2D eigenvalue weighted by Gasteiger charge is 2.35. The van der Waals surface area contributed by atoms with Gasteiger partial charge in [0.05, 0.1) is 11.9 Å². The van der Waals surface area contributed by atoms with Crippen LogP contribution in [0.4, 0.5) is 10.5 Å². The molecule has 1 saturated carbocycles. The second-order valence-corrected chi connectivity index (χ2v) is 6.41. The Balaban J connectivity index is 1.61. The first-order valence-electron chi connectivity index (χ1n) is 7.87. The van der Waals surface area contributed by atoms with Gasteiger partial charge in [-0.05, 0) is 51.2 Å². The van der Waals surface area contributed by atoms with Crippen LogP contribution in [0.3, 0.4) is 0 Å². The fraction of sp³-hybridized carbons (Fsp3) is 0.562. The first-order chi connectivity index (χ1) is 10.6. The summed E-state index contributed by atoms with van der Waals surface area (Å²) in [5.74, 6) is -0.0619. The molecule has 1 atom stereocenters. The van der Waals surface area contributed by atoms with Gasteiger partial charge in [0.25, 0.3) is 0 Å². The SMILES string of the molecule is CC1(NC(=O)N[C@H]2CCCN(c3cccnc3)C2=O)CCC1. The summed E-state index contributed by atoms with van der Waals surface area (Å²) in [5.41, 5.74) is 0.676. The molecule has 0 bridgehead atoms. The maximum absolute atomic E-state index is 12.6. The molecule has 1 aromatic rings. The molecule has 0 aromatic carbocycles. The lowest BCUT2D eigenvalue weighted by molar-refractivity contribution is -0.121. The zero-order valence-corrected chi connectivity index (χ0v) is 12.8. The van der Waals surface area contributed by atoms with Crippen LogP contribution in [-0.2, 0) is 4.79 Å². The second-order valence-electron chi connectivity index (χ2n) is 6.41. The van der Waals surface area contributed by atoms with Crippen molar-refractivity contribution in [3.05, 3.63) is 24.5 Å². The lowest BCUT2D eigenvalue weighted by Crippen LogP contribution is -2.59. The van der Waals surface area contributed by atoms with Crippen molar-refractivity contribution in [1.82, 2.24) is 15.6 Å². The monoisotopic (exact) mass is 302 g/mol. The van der Waals surface area contributed by atoms with Gasteiger partial charge in [0.1, 0.15) is 6.04 Å². The van der Waals surface area contributed by atoms with Crippen molar-refractivity contribution in [2.45, 2.75) is 50.6 Å². The van der Waals surface area contributed by atoms with E-state index >= 15 is 0 Å². The molecule has 2 N–H and O–H groups in total. The van der Waals surface area contributed by atoms with E-state index in [1.165, 1.54) is 0 Å². The summed E-state index contributed by atoms with van der Waals surface area (Å²) in [6.45, 7) is 2.71. The topological polar surface area (TPSA) is 74.3 Å². The van der Waals surface area contributed by atoms with E-state index in [-0.39, 0.29) is 17.5 Å². The summed E-state index contributed by atoms with van der Waals surface area (Å²) < 4.78 is 0. The fourth-order valence-electron chi connectivity index (χ4n) is 3.08. The highest BCUT2D eigenvalue weighted by Crippen LogP contribution is 2.30. The maximum Gasteiger partial charge on any atom is 0.315 e. The van der Waals surface area contributed by atoms with Gasteiger partial charge in [-0.15, -0.1) is 0 Å². The number of anilines is 1. The molecule has 6 heteroatoms. The Hall–Kier alpha value is -2.11. The Morgan fingerprint density at radius 1 is 1.41 bits per heavy atom. The quantitative estimate of drug-likeness (QED) is 0.894. The van der Waals surface area contributed by atoms with E-state index in [2.05, 4.69) is 15.6 Å². The van der Waals surface area contributed by atoms with Crippen molar-refractivity contribution < 1.29 is 9.59 Å². The third-order valence-electron chi connectivity index (χ3n) is 4.57. The number of rotatable bonds is 3. The number of urea groups is 1. The minimum Gasteiger partial charge on any atom is -0.333 e. The predicted octanol–water partition coefficient (Wildman–Crippen LogP) is 1.82. The number of carbonyl (C=O) groups is 2. The van der Waals surface area contributed by atoms with E-state index in [0.29, 0.717) is 13.0 Å². The molecule has 1 aromatic heterocycles. The van der Waals surface area contributed by atoms with Gasteiger partial charge >= 0.3 is 6.03 Å². The number of amides is 3. The average Bonchev–Trinajstić information content (AvgIpc) is 2.48. The van der Waals surface area contributed by atoms with Crippen LogP contribution in [0.15, 0.2) is 24.5 Å². The number of nitrogens with one attached hydrogen (secondary N) is 2. The molecule has 2 aliphatic rings. The van der Waals surface area contributed by atoms with Gasteiger partial charge in [-0.2, -0.15) is 0 Å². The average molecular weight is 302 g/mol. The minimum absolute atomic E-state index is 0.0619. The molecule has 0 spiro atoms. The number of hydrogen-bond acceptors (Lipinski definition) is 3. The van der Waals surface area contributed by atoms with Gasteiger partial charge in [0.2, 0.25) is 5.91 Å². The van der Waals surface area contributed by atoms with Crippen LogP contribution in [0, 0.1) is 0 Å². The van der Waals surface area contributed by atoms with Gasteiger partial charge in [0, 0.05) is 18.3 Å². The third kappa shape index (κ3) is 3.05. The van der Waals surface area contributed by atoms with Crippen molar-refractivity contribution in [3.8, 4) is 0 Å². The molecule has 3 amide bonds. The molecule has 2 heterocycles. The molecule has 0 radical (unpaired) electrons. The number of nitrogens with zero attached hydrogens (tertiary/aromatic N) is 2. The Morgan fingerprint density at radius 2 is 2.23 bits per heavy atom. The second kappa shape index (κ2) is 5.94. The minimum atomic E-state index is -0.461. The van der Waals surface area contributed by atoms with Crippen molar-refractivity contribution in [2.24, 2.45) is 0 Å². The number of hydrogen-bond donors (Lipinski definition) is 2. The molecule has 1 saturated heterocycles. The number of carbonyl (C=O) groups excluding carboxylic acids is 2. The number of aromatic nitrogens is 1. The molecule has 1 aliphatic heterocycles. The Labute approximate surface area is 130 Å². The van der Waals surface area contributed by atoms with E-state index in [0.717, 1.165) is 31.4 Å². The highest BCUT2D eigenvalue weighted by molar-refractivity contribution is 5.99. The summed E-state index contributed by atoms with van der Waals surface area (Å²) >= 11 is 0. The molecule has 2 fully saturated rings. The number of piperidine rings is 1. The standard InChI is InChI=1S/C16H22N4O2/c1-16(7-4-8-16)19-15(22)18-13-6-3-10-20(14(13)21)12-5-2-9-17-11-12/h2,5,9,11,13H,3-4,6-8,10H2,1H3,(H2,18,19,22)/t13-/m0/s1. The fourth-order valence-corrected chi connectivity index (χ4v) is 3.08. The van der Waals surface area contributed by atoms with E-state index in [1.54, 1.807) is 17.3 Å². The van der Waals surface area contributed by atoms with E-state index in [1.807, 2.05) is 19.1 Å². The molecule has 0 unspecified atom stereocenters. The molecule has 6 nitrogen and oxygen atoms in total. The molecular formula is C16H22N4O2. The lowest BCUT2D eigenvalue weighted by atomic mass is 9.79. The molecule has 118 valence electrons. The van der Waals surface area contributed by atoms with Crippen LogP contribution < -0.4 is 15.5 Å². The van der Waals surface area contributed by atoms with E-state index in [9.17, 15) is 9.59 Å². The predicted molar refractivity (Wildman–Crippen MR) is 83.5 cm³/mol. The Kier molecular flexibility index (Phi) is 4.00. The zero-order valence-electron chi connectivity index (χ0n) is 12.8. The van der Waals surface area contributed by atoms with Crippen LogP contribution in [0.1, 0.15) is 39.0 Å². The summed E-state index contributed by atoms with van der Waals surface area (Å²) in [6.07, 6.45) is 8.05.